The molecule has 2 aromatic carbocycles. The molecule has 0 aliphatic heterocycles. The van der Waals surface area contributed by atoms with Crippen LogP contribution in [-0.2, 0) is 14.8 Å². The zero-order valence-corrected chi connectivity index (χ0v) is 14.8. The summed E-state index contributed by atoms with van der Waals surface area (Å²) in [6.07, 6.45) is 0. The second kappa shape index (κ2) is 8.39. The van der Waals surface area contributed by atoms with E-state index in [1.807, 2.05) is 6.92 Å². The first-order valence-corrected chi connectivity index (χ1v) is 9.12. The summed E-state index contributed by atoms with van der Waals surface area (Å²) in [6.45, 7) is 2.28. The molecule has 0 fully saturated rings. The summed E-state index contributed by atoms with van der Waals surface area (Å²) in [4.78, 5) is 11.2. The van der Waals surface area contributed by atoms with Crippen molar-refractivity contribution in [3.8, 4) is 11.5 Å². The van der Waals surface area contributed by atoms with Crippen LogP contribution in [0.4, 0.5) is 5.69 Å². The molecule has 7 nitrogen and oxygen atoms in total. The number of carbonyl (C=O) groups excluding carboxylic acids is 1. The van der Waals surface area contributed by atoms with Crippen molar-refractivity contribution in [2.45, 2.75) is 11.8 Å². The molecule has 0 saturated carbocycles. The molecule has 134 valence electrons. The van der Waals surface area contributed by atoms with Gasteiger partial charge in [-0.05, 0) is 55.5 Å². The fourth-order valence-electron chi connectivity index (χ4n) is 1.94. The van der Waals surface area contributed by atoms with Crippen LogP contribution in [0.2, 0.25) is 0 Å². The number of hydrogen-bond donors (Lipinski definition) is 2. The zero-order valence-electron chi connectivity index (χ0n) is 14.0. The molecule has 2 rings (SSSR count). The number of sulfonamides is 1. The Balaban J connectivity index is 2.04. The Labute approximate surface area is 147 Å². The summed E-state index contributed by atoms with van der Waals surface area (Å²) in [5, 5.41) is 2.43. The molecular formula is C17H20N2O5S. The summed E-state index contributed by atoms with van der Waals surface area (Å²) in [6, 6.07) is 12.5. The number of rotatable bonds is 8. The highest BCUT2D eigenvalue weighted by Crippen LogP contribution is 2.21. The maximum atomic E-state index is 12.4. The molecule has 0 atom stereocenters. The van der Waals surface area contributed by atoms with Gasteiger partial charge in [0.2, 0.25) is 0 Å². The predicted molar refractivity (Wildman–Crippen MR) is 94.4 cm³/mol. The van der Waals surface area contributed by atoms with Crippen LogP contribution in [0.3, 0.4) is 0 Å². The monoisotopic (exact) mass is 364 g/mol. The van der Waals surface area contributed by atoms with E-state index >= 15 is 0 Å². The van der Waals surface area contributed by atoms with Gasteiger partial charge in [-0.25, -0.2) is 8.42 Å². The normalized spacial score (nSPS) is 10.8. The number of benzene rings is 2. The molecule has 0 aromatic heterocycles. The summed E-state index contributed by atoms with van der Waals surface area (Å²) in [7, 11) is -2.21. The SMILES string of the molecule is CCOc1ccc(NS(=O)(=O)c2ccc(OCC(=O)NC)cc2)cc1. The second-order valence-electron chi connectivity index (χ2n) is 5.00. The van der Waals surface area contributed by atoms with E-state index in [0.717, 1.165) is 0 Å². The number of likely N-dealkylation sites (N-methyl/N-ethyl adjacent to an activating group) is 1. The van der Waals surface area contributed by atoms with Crippen LogP contribution in [0.15, 0.2) is 53.4 Å². The van der Waals surface area contributed by atoms with E-state index in [1.54, 1.807) is 24.3 Å². The van der Waals surface area contributed by atoms with Crippen LogP contribution in [0.1, 0.15) is 6.92 Å². The van der Waals surface area contributed by atoms with Gasteiger partial charge in [-0.3, -0.25) is 9.52 Å². The number of anilines is 1. The quantitative estimate of drug-likeness (QED) is 0.747. The van der Waals surface area contributed by atoms with E-state index in [2.05, 4.69) is 10.0 Å². The zero-order chi connectivity index (χ0) is 18.3. The Hall–Kier alpha value is -2.74. The van der Waals surface area contributed by atoms with Gasteiger partial charge in [0.15, 0.2) is 6.61 Å². The van der Waals surface area contributed by atoms with Gasteiger partial charge in [-0.2, -0.15) is 0 Å². The maximum absolute atomic E-state index is 12.4. The molecular weight excluding hydrogens is 344 g/mol. The molecule has 0 spiro atoms. The molecule has 0 aliphatic rings. The minimum absolute atomic E-state index is 0.0914. The van der Waals surface area contributed by atoms with Crippen molar-refractivity contribution in [1.29, 1.82) is 0 Å². The number of hydrogen-bond acceptors (Lipinski definition) is 5. The molecule has 0 aliphatic carbocycles. The summed E-state index contributed by atoms with van der Waals surface area (Å²) < 4.78 is 37.8. The van der Waals surface area contributed by atoms with E-state index in [4.69, 9.17) is 9.47 Å². The van der Waals surface area contributed by atoms with Crippen LogP contribution in [0, 0.1) is 0 Å². The van der Waals surface area contributed by atoms with Gasteiger partial charge < -0.3 is 14.8 Å². The van der Waals surface area contributed by atoms with Crippen molar-refractivity contribution in [3.05, 3.63) is 48.5 Å². The smallest absolute Gasteiger partial charge is 0.261 e. The molecule has 25 heavy (non-hydrogen) atoms. The first kappa shape index (κ1) is 18.6. The highest BCUT2D eigenvalue weighted by Gasteiger charge is 2.14. The molecule has 0 saturated heterocycles. The van der Waals surface area contributed by atoms with Crippen molar-refractivity contribution < 1.29 is 22.7 Å². The highest BCUT2D eigenvalue weighted by molar-refractivity contribution is 7.92. The minimum Gasteiger partial charge on any atom is -0.494 e. The maximum Gasteiger partial charge on any atom is 0.261 e. The number of amides is 1. The largest absolute Gasteiger partial charge is 0.494 e. The van der Waals surface area contributed by atoms with Gasteiger partial charge >= 0.3 is 0 Å². The summed E-state index contributed by atoms with van der Waals surface area (Å²) in [5.74, 6) is 0.806. The fourth-order valence-corrected chi connectivity index (χ4v) is 2.99. The number of carbonyl (C=O) groups is 1. The van der Waals surface area contributed by atoms with Crippen molar-refractivity contribution in [2.24, 2.45) is 0 Å². The van der Waals surface area contributed by atoms with Crippen LogP contribution < -0.4 is 19.5 Å². The topological polar surface area (TPSA) is 93.7 Å². The molecule has 2 aromatic rings. The first-order chi connectivity index (χ1) is 11.9. The van der Waals surface area contributed by atoms with Crippen molar-refractivity contribution in [3.63, 3.8) is 0 Å². The van der Waals surface area contributed by atoms with Crippen LogP contribution >= 0.6 is 0 Å². The highest BCUT2D eigenvalue weighted by atomic mass is 32.2. The molecule has 0 unspecified atom stereocenters. The third kappa shape index (κ3) is 5.39. The Bertz CT molecular complexity index is 802. The lowest BCUT2D eigenvalue weighted by atomic mass is 10.3. The molecule has 0 heterocycles. The average Bonchev–Trinajstić information content (AvgIpc) is 2.61. The van der Waals surface area contributed by atoms with Gasteiger partial charge in [-0.1, -0.05) is 0 Å². The Morgan fingerprint density at radius 1 is 0.960 bits per heavy atom. The van der Waals surface area contributed by atoms with Gasteiger partial charge in [0.25, 0.3) is 15.9 Å². The third-order valence-electron chi connectivity index (χ3n) is 3.20. The third-order valence-corrected chi connectivity index (χ3v) is 4.60. The van der Waals surface area contributed by atoms with E-state index < -0.39 is 10.0 Å². The fraction of sp³-hybridized carbons (Fsp3) is 0.235. The lowest BCUT2D eigenvalue weighted by Gasteiger charge is -2.10. The average molecular weight is 364 g/mol. The number of ether oxygens (including phenoxy) is 2. The van der Waals surface area contributed by atoms with Crippen LogP contribution in [0.5, 0.6) is 11.5 Å². The van der Waals surface area contributed by atoms with Gasteiger partial charge in [0.05, 0.1) is 11.5 Å². The molecule has 0 radical (unpaired) electrons. The first-order valence-electron chi connectivity index (χ1n) is 7.63. The Morgan fingerprint density at radius 3 is 2.08 bits per heavy atom. The van der Waals surface area contributed by atoms with E-state index in [1.165, 1.54) is 31.3 Å². The molecule has 8 heteroatoms. The lowest BCUT2D eigenvalue weighted by Crippen LogP contribution is -2.24. The van der Waals surface area contributed by atoms with Crippen LogP contribution in [0.25, 0.3) is 0 Å². The van der Waals surface area contributed by atoms with Crippen molar-refractivity contribution >= 4 is 21.6 Å². The van der Waals surface area contributed by atoms with Gasteiger partial charge in [0.1, 0.15) is 11.5 Å². The second-order valence-corrected chi connectivity index (χ2v) is 6.68. The molecule has 0 bridgehead atoms. The standard InChI is InChI=1S/C17H20N2O5S/c1-3-23-14-6-4-13(5-7-14)19-25(21,22)16-10-8-15(9-11-16)24-12-17(20)18-2/h4-11,19H,3,12H2,1-2H3,(H,18,20). The van der Waals surface area contributed by atoms with Crippen LogP contribution in [-0.4, -0.2) is 34.6 Å². The Morgan fingerprint density at radius 2 is 1.52 bits per heavy atom. The summed E-state index contributed by atoms with van der Waals surface area (Å²) >= 11 is 0. The summed E-state index contributed by atoms with van der Waals surface area (Å²) in [5.41, 5.74) is 0.434. The van der Waals surface area contributed by atoms with Gasteiger partial charge in [0, 0.05) is 12.7 Å². The van der Waals surface area contributed by atoms with E-state index in [0.29, 0.717) is 23.8 Å². The van der Waals surface area contributed by atoms with Crippen molar-refractivity contribution in [2.75, 3.05) is 25.0 Å². The van der Waals surface area contributed by atoms with Crippen molar-refractivity contribution in [1.82, 2.24) is 5.32 Å². The number of nitrogens with one attached hydrogen (secondary N) is 2. The predicted octanol–water partition coefficient (Wildman–Crippen LogP) is 2.01. The lowest BCUT2D eigenvalue weighted by molar-refractivity contribution is -0.122. The van der Waals surface area contributed by atoms with Gasteiger partial charge in [-0.15, -0.1) is 0 Å². The Kier molecular flexibility index (Phi) is 6.24. The van der Waals surface area contributed by atoms with E-state index in [-0.39, 0.29) is 17.4 Å². The molecule has 1 amide bonds. The molecule has 2 N–H and O–H groups in total. The minimum atomic E-state index is -3.72. The van der Waals surface area contributed by atoms with E-state index in [9.17, 15) is 13.2 Å².